The van der Waals surface area contributed by atoms with Gasteiger partial charge >= 0.3 is 0 Å². The molecule has 5 heteroatoms. The minimum Gasteiger partial charge on any atom is -0.490 e. The van der Waals surface area contributed by atoms with Crippen LogP contribution in [-0.2, 0) is 4.79 Å². The van der Waals surface area contributed by atoms with Crippen molar-refractivity contribution in [1.82, 2.24) is 0 Å². The van der Waals surface area contributed by atoms with Gasteiger partial charge in [0.15, 0.2) is 11.5 Å². The van der Waals surface area contributed by atoms with Crippen LogP contribution in [0.5, 0.6) is 11.5 Å². The van der Waals surface area contributed by atoms with Crippen molar-refractivity contribution in [2.75, 3.05) is 18.1 Å². The van der Waals surface area contributed by atoms with Gasteiger partial charge in [-0.3, -0.25) is 9.69 Å². The Morgan fingerprint density at radius 3 is 2.16 bits per heavy atom. The zero-order valence-electron chi connectivity index (χ0n) is 17.6. The molecule has 1 aliphatic rings. The topological polar surface area (TPSA) is 51.1 Å². The summed E-state index contributed by atoms with van der Waals surface area (Å²) >= 11 is 0. The maximum Gasteiger partial charge on any atom is 0.282 e. The minimum atomic E-state index is -0.170. The van der Waals surface area contributed by atoms with Crippen molar-refractivity contribution in [3.8, 4) is 11.5 Å². The summed E-state index contributed by atoms with van der Waals surface area (Å²) in [5.74, 6) is 1.77. The molecule has 4 rings (SSSR count). The van der Waals surface area contributed by atoms with Crippen LogP contribution in [0, 0.1) is 0 Å². The second kappa shape index (κ2) is 9.30. The second-order valence-electron chi connectivity index (χ2n) is 6.88. The maximum absolute atomic E-state index is 13.4. The molecule has 5 nitrogen and oxygen atoms in total. The third-order valence-electron chi connectivity index (χ3n) is 4.78. The van der Waals surface area contributed by atoms with Crippen molar-refractivity contribution in [2.24, 2.45) is 4.99 Å². The number of aliphatic imine (C=N–C) groups is 1. The summed E-state index contributed by atoms with van der Waals surface area (Å²) in [7, 11) is 0. The Balaban J connectivity index is 1.76. The lowest BCUT2D eigenvalue weighted by molar-refractivity contribution is -0.113. The van der Waals surface area contributed by atoms with Crippen LogP contribution in [0.1, 0.15) is 25.0 Å². The highest BCUT2D eigenvalue weighted by atomic mass is 16.5. The van der Waals surface area contributed by atoms with Gasteiger partial charge in [-0.1, -0.05) is 54.6 Å². The smallest absolute Gasteiger partial charge is 0.282 e. The molecule has 31 heavy (non-hydrogen) atoms. The summed E-state index contributed by atoms with van der Waals surface area (Å²) in [5, 5.41) is 0. The average Bonchev–Trinajstić information content (AvgIpc) is 3.13. The average molecular weight is 412 g/mol. The van der Waals surface area contributed by atoms with Gasteiger partial charge in [-0.15, -0.1) is 0 Å². The molecule has 0 aliphatic carbocycles. The number of carbonyl (C=O) groups is 1. The third-order valence-corrected chi connectivity index (χ3v) is 4.78. The highest BCUT2D eigenvalue weighted by Crippen LogP contribution is 2.31. The first-order chi connectivity index (χ1) is 15.2. The molecule has 1 aliphatic heterocycles. The Morgan fingerprint density at radius 1 is 0.839 bits per heavy atom. The van der Waals surface area contributed by atoms with E-state index >= 15 is 0 Å². The molecule has 156 valence electrons. The highest BCUT2D eigenvalue weighted by molar-refractivity contribution is 6.33. The summed E-state index contributed by atoms with van der Waals surface area (Å²) in [6.45, 7) is 4.93. The summed E-state index contributed by atoms with van der Waals surface area (Å²) in [5.41, 5.74) is 2.85. The fourth-order valence-electron chi connectivity index (χ4n) is 3.43. The standard InChI is InChI=1S/C26H24N2O3/c1-3-30-23-16-15-19(18-24(23)31-4-2)17-22-26(29)28(21-13-9-6-10-14-21)25(27-22)20-11-7-5-8-12-20/h5-18H,3-4H2,1-2H3/b22-17-. The van der Waals surface area contributed by atoms with Crippen molar-refractivity contribution in [3.05, 3.63) is 95.7 Å². The lowest BCUT2D eigenvalue weighted by Crippen LogP contribution is -2.32. The molecule has 3 aromatic carbocycles. The van der Waals surface area contributed by atoms with E-state index < -0.39 is 0 Å². The van der Waals surface area contributed by atoms with E-state index in [2.05, 4.69) is 0 Å². The molecule has 3 aromatic rings. The lowest BCUT2D eigenvalue weighted by Gasteiger charge is -2.18. The van der Waals surface area contributed by atoms with Crippen molar-refractivity contribution >= 4 is 23.5 Å². The first-order valence-corrected chi connectivity index (χ1v) is 10.4. The normalized spacial score (nSPS) is 14.6. The molecule has 0 unspecified atom stereocenters. The fraction of sp³-hybridized carbons (Fsp3) is 0.154. The van der Waals surface area contributed by atoms with Gasteiger partial charge in [0.2, 0.25) is 0 Å². The predicted octanol–water partition coefficient (Wildman–Crippen LogP) is 5.32. The fourth-order valence-corrected chi connectivity index (χ4v) is 3.43. The Morgan fingerprint density at radius 2 is 1.48 bits per heavy atom. The molecule has 1 heterocycles. The number of para-hydroxylation sites is 1. The molecule has 0 radical (unpaired) electrons. The van der Waals surface area contributed by atoms with Crippen LogP contribution >= 0.6 is 0 Å². The quantitative estimate of drug-likeness (QED) is 0.494. The second-order valence-corrected chi connectivity index (χ2v) is 6.88. The van der Waals surface area contributed by atoms with E-state index in [0.29, 0.717) is 36.2 Å². The van der Waals surface area contributed by atoms with Crippen molar-refractivity contribution in [3.63, 3.8) is 0 Å². The van der Waals surface area contributed by atoms with Crippen LogP contribution in [0.25, 0.3) is 6.08 Å². The molecule has 0 bridgehead atoms. The summed E-state index contributed by atoms with van der Waals surface area (Å²) in [6, 6.07) is 24.9. The third kappa shape index (κ3) is 4.36. The van der Waals surface area contributed by atoms with Gasteiger partial charge in [0.05, 0.1) is 18.9 Å². The molecule has 0 atom stereocenters. The van der Waals surface area contributed by atoms with Gasteiger partial charge in [0.25, 0.3) is 5.91 Å². The minimum absolute atomic E-state index is 0.170. The summed E-state index contributed by atoms with van der Waals surface area (Å²) in [4.78, 5) is 19.7. The molecule has 0 fully saturated rings. The van der Waals surface area contributed by atoms with Crippen LogP contribution < -0.4 is 14.4 Å². The number of hydrogen-bond donors (Lipinski definition) is 0. The Kier molecular flexibility index (Phi) is 6.13. The van der Waals surface area contributed by atoms with Gasteiger partial charge in [-0.25, -0.2) is 4.99 Å². The van der Waals surface area contributed by atoms with E-state index in [1.807, 2.05) is 92.7 Å². The van der Waals surface area contributed by atoms with E-state index in [1.54, 1.807) is 11.0 Å². The van der Waals surface area contributed by atoms with E-state index in [-0.39, 0.29) is 5.91 Å². The lowest BCUT2D eigenvalue weighted by atomic mass is 10.1. The van der Waals surface area contributed by atoms with E-state index in [9.17, 15) is 4.79 Å². The number of benzene rings is 3. The number of rotatable bonds is 7. The summed E-state index contributed by atoms with van der Waals surface area (Å²) < 4.78 is 11.4. The van der Waals surface area contributed by atoms with Gasteiger partial charge in [-0.05, 0) is 49.8 Å². The first-order valence-electron chi connectivity index (χ1n) is 10.4. The Labute approximate surface area is 182 Å². The Hall–Kier alpha value is -3.86. The largest absolute Gasteiger partial charge is 0.490 e. The predicted molar refractivity (Wildman–Crippen MR) is 124 cm³/mol. The van der Waals surface area contributed by atoms with E-state index in [1.165, 1.54) is 0 Å². The van der Waals surface area contributed by atoms with E-state index in [0.717, 1.165) is 16.8 Å². The number of nitrogens with zero attached hydrogens (tertiary/aromatic N) is 2. The first kappa shape index (κ1) is 20.4. The number of amides is 1. The van der Waals surface area contributed by atoms with Gasteiger partial charge < -0.3 is 9.47 Å². The summed E-state index contributed by atoms with van der Waals surface area (Å²) in [6.07, 6.45) is 1.78. The van der Waals surface area contributed by atoms with Crippen LogP contribution in [0.4, 0.5) is 5.69 Å². The van der Waals surface area contributed by atoms with Crippen LogP contribution in [-0.4, -0.2) is 25.0 Å². The number of anilines is 1. The van der Waals surface area contributed by atoms with Crippen LogP contribution in [0.15, 0.2) is 89.6 Å². The van der Waals surface area contributed by atoms with Crippen molar-refractivity contribution in [1.29, 1.82) is 0 Å². The van der Waals surface area contributed by atoms with Gasteiger partial charge in [0.1, 0.15) is 11.5 Å². The van der Waals surface area contributed by atoms with Crippen LogP contribution in [0.2, 0.25) is 0 Å². The number of carbonyl (C=O) groups excluding carboxylic acids is 1. The number of ether oxygens (including phenoxy) is 2. The molecular formula is C26H24N2O3. The SMILES string of the molecule is CCOc1ccc(/C=C2\N=C(c3ccccc3)N(c3ccccc3)C2=O)cc1OCC. The molecule has 1 amide bonds. The molecule has 0 saturated heterocycles. The van der Waals surface area contributed by atoms with Gasteiger partial charge in [-0.2, -0.15) is 0 Å². The Bertz CT molecular complexity index is 1120. The zero-order chi connectivity index (χ0) is 21.6. The molecule has 0 spiro atoms. The van der Waals surface area contributed by atoms with Gasteiger partial charge in [0, 0.05) is 5.56 Å². The molecule has 0 saturated carbocycles. The highest BCUT2D eigenvalue weighted by Gasteiger charge is 2.32. The van der Waals surface area contributed by atoms with E-state index in [4.69, 9.17) is 14.5 Å². The zero-order valence-corrected chi connectivity index (χ0v) is 17.6. The van der Waals surface area contributed by atoms with Crippen molar-refractivity contribution < 1.29 is 14.3 Å². The van der Waals surface area contributed by atoms with Crippen LogP contribution in [0.3, 0.4) is 0 Å². The monoisotopic (exact) mass is 412 g/mol. The number of amidine groups is 1. The molecular weight excluding hydrogens is 388 g/mol. The number of hydrogen-bond acceptors (Lipinski definition) is 4. The molecule has 0 N–H and O–H groups in total. The maximum atomic E-state index is 13.4. The molecule has 0 aromatic heterocycles. The van der Waals surface area contributed by atoms with Crippen molar-refractivity contribution in [2.45, 2.75) is 13.8 Å².